The van der Waals surface area contributed by atoms with Gasteiger partial charge >= 0.3 is 0 Å². The van der Waals surface area contributed by atoms with Gasteiger partial charge < -0.3 is 5.32 Å². The van der Waals surface area contributed by atoms with Crippen LogP contribution in [0.3, 0.4) is 0 Å². The van der Waals surface area contributed by atoms with E-state index in [1.54, 1.807) is 0 Å². The van der Waals surface area contributed by atoms with Crippen LogP contribution in [0.4, 0.5) is 0 Å². The highest BCUT2D eigenvalue weighted by Crippen LogP contribution is 2.24. The average Bonchev–Trinajstić information content (AvgIpc) is 2.95. The molecule has 1 heterocycles. The molecule has 1 saturated heterocycles. The molecule has 2 aromatic rings. The van der Waals surface area contributed by atoms with E-state index in [9.17, 15) is 4.79 Å². The predicted molar refractivity (Wildman–Crippen MR) is 103 cm³/mol. The molecule has 0 saturated carbocycles. The number of thioether (sulfide) groups is 1. The zero-order chi connectivity index (χ0) is 16.9. The molecule has 0 radical (unpaired) electrons. The third-order valence-electron chi connectivity index (χ3n) is 3.59. The van der Waals surface area contributed by atoms with Gasteiger partial charge in [0.2, 0.25) is 5.91 Å². The maximum Gasteiger partial charge on any atom is 0.239 e. The Balaban J connectivity index is 1.67. The topological polar surface area (TPSA) is 53.8 Å². The zero-order valence-electron chi connectivity index (χ0n) is 13.1. The summed E-state index contributed by atoms with van der Waals surface area (Å²) in [4.78, 5) is 12.1. The Labute approximate surface area is 153 Å². The molecule has 6 heteroatoms. The van der Waals surface area contributed by atoms with Crippen molar-refractivity contribution in [3.63, 3.8) is 0 Å². The van der Waals surface area contributed by atoms with Crippen molar-refractivity contribution in [3.8, 4) is 0 Å². The third-order valence-corrected chi connectivity index (χ3v) is 5.19. The maximum atomic E-state index is 12.1. The van der Waals surface area contributed by atoms with Gasteiger partial charge in [0.15, 0.2) is 5.17 Å². The van der Waals surface area contributed by atoms with Gasteiger partial charge in [-0.1, -0.05) is 70.2 Å². The lowest BCUT2D eigenvalue weighted by molar-refractivity contribution is -0.118. The molecule has 122 valence electrons. The van der Waals surface area contributed by atoms with Crippen LogP contribution in [0.25, 0.3) is 0 Å². The third kappa shape index (κ3) is 4.33. The monoisotopic (exact) mass is 401 g/mol. The van der Waals surface area contributed by atoms with Gasteiger partial charge in [0.05, 0.1) is 11.0 Å². The second-order valence-corrected chi connectivity index (χ2v) is 7.49. The van der Waals surface area contributed by atoms with E-state index in [1.165, 1.54) is 11.8 Å². The maximum absolute atomic E-state index is 12.1. The largest absolute Gasteiger partial charge is 0.303 e. The Hall–Kier alpha value is -1.92. The smallest absolute Gasteiger partial charge is 0.239 e. The van der Waals surface area contributed by atoms with E-state index in [2.05, 4.69) is 31.4 Å². The van der Waals surface area contributed by atoms with Crippen molar-refractivity contribution in [2.45, 2.75) is 18.6 Å². The molecular weight excluding hydrogens is 386 g/mol. The molecule has 1 atom stereocenters. The molecule has 1 amide bonds. The minimum Gasteiger partial charge on any atom is -0.303 e. The highest BCUT2D eigenvalue weighted by atomic mass is 79.9. The molecule has 1 N–H and O–H groups in total. The van der Waals surface area contributed by atoms with Crippen molar-refractivity contribution in [2.75, 3.05) is 0 Å². The van der Waals surface area contributed by atoms with Crippen LogP contribution in [0.15, 0.2) is 69.3 Å². The molecule has 24 heavy (non-hydrogen) atoms. The van der Waals surface area contributed by atoms with Crippen LogP contribution in [0.1, 0.15) is 18.1 Å². The van der Waals surface area contributed by atoms with Gasteiger partial charge in [-0.05, 0) is 36.6 Å². The van der Waals surface area contributed by atoms with Crippen molar-refractivity contribution in [1.82, 2.24) is 5.32 Å². The Morgan fingerprint density at radius 2 is 1.88 bits per heavy atom. The van der Waals surface area contributed by atoms with Gasteiger partial charge in [0.1, 0.15) is 0 Å². The number of carbonyl (C=O) groups excluding carboxylic acids is 1. The fraction of sp³-hybridized carbons (Fsp3) is 0.167. The highest BCUT2D eigenvalue weighted by Gasteiger charge is 2.30. The predicted octanol–water partition coefficient (Wildman–Crippen LogP) is 4.00. The summed E-state index contributed by atoms with van der Waals surface area (Å²) in [6.45, 7) is 1.90. The fourth-order valence-electron chi connectivity index (χ4n) is 2.28. The summed E-state index contributed by atoms with van der Waals surface area (Å²) >= 11 is 4.84. The van der Waals surface area contributed by atoms with Gasteiger partial charge in [0, 0.05) is 4.47 Å². The summed E-state index contributed by atoms with van der Waals surface area (Å²) in [5.74, 6) is -0.0192. The molecule has 1 aliphatic heterocycles. The van der Waals surface area contributed by atoms with Crippen LogP contribution < -0.4 is 5.32 Å². The van der Waals surface area contributed by atoms with Crippen LogP contribution in [0.2, 0.25) is 0 Å². The van der Waals surface area contributed by atoms with E-state index in [4.69, 9.17) is 0 Å². The first-order valence-electron chi connectivity index (χ1n) is 7.51. The fourth-order valence-corrected chi connectivity index (χ4v) is 3.50. The molecule has 1 aliphatic rings. The Bertz CT molecular complexity index is 788. The number of benzene rings is 2. The Kier molecular flexibility index (Phi) is 5.48. The Morgan fingerprint density at radius 1 is 1.17 bits per heavy atom. The molecule has 1 fully saturated rings. The SMILES string of the molecule is C/C(=N/N=C1\NC(=O)C(Cc2ccc(Br)cc2)S1)c1ccccc1. The van der Waals surface area contributed by atoms with Crippen molar-refractivity contribution >= 4 is 44.5 Å². The lowest BCUT2D eigenvalue weighted by Gasteiger charge is -2.05. The molecular formula is C18H16BrN3OS. The second kappa shape index (κ2) is 7.77. The molecule has 0 bridgehead atoms. The van der Waals surface area contributed by atoms with Crippen LogP contribution in [0, 0.1) is 0 Å². The Morgan fingerprint density at radius 3 is 2.58 bits per heavy atom. The lowest BCUT2D eigenvalue weighted by Crippen LogP contribution is -2.25. The van der Waals surface area contributed by atoms with Crippen LogP contribution >= 0.6 is 27.7 Å². The van der Waals surface area contributed by atoms with Crippen LogP contribution in [-0.2, 0) is 11.2 Å². The highest BCUT2D eigenvalue weighted by molar-refractivity contribution is 9.10. The van der Waals surface area contributed by atoms with E-state index in [-0.39, 0.29) is 11.2 Å². The summed E-state index contributed by atoms with van der Waals surface area (Å²) in [7, 11) is 0. The van der Waals surface area contributed by atoms with E-state index in [0.29, 0.717) is 11.6 Å². The summed E-state index contributed by atoms with van der Waals surface area (Å²) in [6.07, 6.45) is 0.671. The first kappa shape index (κ1) is 16.9. The molecule has 2 aromatic carbocycles. The first-order valence-corrected chi connectivity index (χ1v) is 9.19. The first-order chi connectivity index (χ1) is 11.6. The quantitative estimate of drug-likeness (QED) is 0.621. The van der Waals surface area contributed by atoms with E-state index >= 15 is 0 Å². The van der Waals surface area contributed by atoms with Crippen LogP contribution in [0.5, 0.6) is 0 Å². The summed E-state index contributed by atoms with van der Waals surface area (Å²) in [5.41, 5.74) is 2.95. The summed E-state index contributed by atoms with van der Waals surface area (Å²) < 4.78 is 1.03. The van der Waals surface area contributed by atoms with E-state index in [1.807, 2.05) is 61.5 Å². The van der Waals surface area contributed by atoms with Crippen molar-refractivity contribution in [1.29, 1.82) is 0 Å². The number of nitrogens with one attached hydrogen (secondary N) is 1. The summed E-state index contributed by atoms with van der Waals surface area (Å²) in [5, 5.41) is 11.6. The molecule has 3 rings (SSSR count). The molecule has 4 nitrogen and oxygen atoms in total. The number of hydrogen-bond acceptors (Lipinski definition) is 4. The number of carbonyl (C=O) groups is 1. The van der Waals surface area contributed by atoms with Crippen molar-refractivity contribution in [3.05, 3.63) is 70.2 Å². The minimum absolute atomic E-state index is 0.0192. The zero-order valence-corrected chi connectivity index (χ0v) is 15.5. The number of hydrogen-bond donors (Lipinski definition) is 1. The van der Waals surface area contributed by atoms with Gasteiger partial charge in [-0.3, -0.25) is 4.79 Å². The van der Waals surface area contributed by atoms with E-state index in [0.717, 1.165) is 21.3 Å². The molecule has 0 aromatic heterocycles. The molecule has 0 aliphatic carbocycles. The number of nitrogens with zero attached hydrogens (tertiary/aromatic N) is 2. The number of amidine groups is 1. The lowest BCUT2D eigenvalue weighted by atomic mass is 10.1. The van der Waals surface area contributed by atoms with Gasteiger partial charge in [0.25, 0.3) is 0 Å². The average molecular weight is 402 g/mol. The molecule has 0 spiro atoms. The molecule has 1 unspecified atom stereocenters. The van der Waals surface area contributed by atoms with Crippen molar-refractivity contribution < 1.29 is 4.79 Å². The summed E-state index contributed by atoms with van der Waals surface area (Å²) in [6, 6.07) is 17.8. The van der Waals surface area contributed by atoms with Gasteiger partial charge in [-0.15, -0.1) is 5.10 Å². The second-order valence-electron chi connectivity index (χ2n) is 5.38. The van der Waals surface area contributed by atoms with Crippen molar-refractivity contribution in [2.24, 2.45) is 10.2 Å². The normalized spacial score (nSPS) is 19.6. The van der Waals surface area contributed by atoms with Crippen LogP contribution in [-0.4, -0.2) is 22.0 Å². The van der Waals surface area contributed by atoms with Gasteiger partial charge in [-0.25, -0.2) is 0 Å². The standard InChI is InChI=1S/C18H16BrN3OS/c1-12(14-5-3-2-4-6-14)21-22-18-20-17(23)16(24-18)11-13-7-9-15(19)10-8-13/h2-10,16H,11H2,1H3,(H,20,22,23)/b21-12-. The number of halogens is 1. The van der Waals surface area contributed by atoms with Gasteiger partial charge in [-0.2, -0.15) is 5.10 Å². The number of amides is 1. The number of rotatable bonds is 4. The minimum atomic E-state index is -0.169. The van der Waals surface area contributed by atoms with E-state index < -0.39 is 0 Å².